The van der Waals surface area contributed by atoms with Gasteiger partial charge in [0.15, 0.2) is 0 Å². The number of nitrogens with two attached hydrogens (primary N) is 1. The second kappa shape index (κ2) is 6.60. The van der Waals surface area contributed by atoms with Crippen LogP contribution in [-0.4, -0.2) is 30.8 Å². The average molecular weight is 351 g/mol. The summed E-state index contributed by atoms with van der Waals surface area (Å²) in [5.41, 5.74) is 5.44. The highest BCUT2D eigenvalue weighted by molar-refractivity contribution is 9.10. The summed E-state index contributed by atoms with van der Waals surface area (Å²) in [6.45, 7) is 2.38. The van der Waals surface area contributed by atoms with Crippen molar-refractivity contribution in [3.05, 3.63) is 28.7 Å². The lowest BCUT2D eigenvalue weighted by Gasteiger charge is -2.20. The average Bonchev–Trinajstić information content (AvgIpc) is 2.28. The maximum Gasteiger partial charge on any atom is 0.243 e. The lowest BCUT2D eigenvalue weighted by atomic mass is 10.4. The summed E-state index contributed by atoms with van der Waals surface area (Å²) >= 11 is 8.06. The van der Waals surface area contributed by atoms with Gasteiger partial charge in [-0.05, 0) is 30.7 Å². The zero-order chi connectivity index (χ0) is 13.8. The van der Waals surface area contributed by atoms with Crippen LogP contribution in [0, 0.1) is 0 Å². The second-order valence-electron chi connectivity index (χ2n) is 3.76. The molecule has 0 bridgehead atoms. The summed E-state index contributed by atoms with van der Waals surface area (Å²) in [7, 11) is -3.53. The Morgan fingerprint density at radius 1 is 1.39 bits per heavy atom. The molecule has 0 radical (unpaired) electrons. The van der Waals surface area contributed by atoms with Gasteiger partial charge in [-0.25, -0.2) is 8.42 Å². The van der Waals surface area contributed by atoms with Gasteiger partial charge in [-0.15, -0.1) is 0 Å². The van der Waals surface area contributed by atoms with Gasteiger partial charge in [0.25, 0.3) is 0 Å². The normalized spacial score (nSPS) is 11.7. The van der Waals surface area contributed by atoms with E-state index in [0.717, 1.165) is 4.47 Å². The van der Waals surface area contributed by atoms with E-state index in [2.05, 4.69) is 15.9 Å². The lowest BCUT2D eigenvalue weighted by molar-refractivity contribution is 0.449. The number of thiocarbonyl (C=S) groups is 1. The van der Waals surface area contributed by atoms with Gasteiger partial charge in [-0.1, -0.05) is 35.1 Å². The summed E-state index contributed by atoms with van der Waals surface area (Å²) in [5, 5.41) is 0. The van der Waals surface area contributed by atoms with Crippen molar-refractivity contribution in [3.63, 3.8) is 0 Å². The number of nitrogens with zero attached hydrogens (tertiary/aromatic N) is 1. The van der Waals surface area contributed by atoms with E-state index >= 15 is 0 Å². The number of benzene rings is 1. The van der Waals surface area contributed by atoms with E-state index in [4.69, 9.17) is 18.0 Å². The molecule has 0 saturated heterocycles. The van der Waals surface area contributed by atoms with Gasteiger partial charge in [-0.2, -0.15) is 4.31 Å². The molecule has 0 aromatic heterocycles. The molecule has 0 saturated carbocycles. The van der Waals surface area contributed by atoms with Gasteiger partial charge in [0, 0.05) is 11.0 Å². The van der Waals surface area contributed by atoms with Crippen LogP contribution in [-0.2, 0) is 10.0 Å². The first kappa shape index (κ1) is 15.6. The minimum atomic E-state index is -3.53. The molecule has 0 aliphatic rings. The molecule has 18 heavy (non-hydrogen) atoms. The standard InChI is InChI=1S/C11H15BrN2O2S2/c1-2-7-14(8-11(13)17)18(15,16)10-5-3-9(12)4-6-10/h3-6H,2,7-8H2,1H3,(H2,13,17). The van der Waals surface area contributed by atoms with E-state index in [-0.39, 0.29) is 16.4 Å². The topological polar surface area (TPSA) is 63.4 Å². The third-order valence-corrected chi connectivity index (χ3v) is 4.77. The second-order valence-corrected chi connectivity index (χ2v) is 7.14. The van der Waals surface area contributed by atoms with Crippen molar-refractivity contribution in [1.82, 2.24) is 4.31 Å². The molecule has 7 heteroatoms. The summed E-state index contributed by atoms with van der Waals surface area (Å²) in [6, 6.07) is 6.50. The molecule has 4 nitrogen and oxygen atoms in total. The first-order valence-corrected chi connectivity index (χ1v) is 8.06. The first-order valence-electron chi connectivity index (χ1n) is 5.42. The molecular weight excluding hydrogens is 336 g/mol. The summed E-state index contributed by atoms with van der Waals surface area (Å²) in [5.74, 6) is 0. The Morgan fingerprint density at radius 2 is 1.94 bits per heavy atom. The largest absolute Gasteiger partial charge is 0.392 e. The first-order chi connectivity index (χ1) is 8.37. The quantitative estimate of drug-likeness (QED) is 0.798. The van der Waals surface area contributed by atoms with Crippen molar-refractivity contribution < 1.29 is 8.42 Å². The maximum atomic E-state index is 12.4. The Balaban J connectivity index is 3.08. The monoisotopic (exact) mass is 350 g/mol. The van der Waals surface area contributed by atoms with Crippen LogP contribution in [0.4, 0.5) is 0 Å². The summed E-state index contributed by atoms with van der Waals surface area (Å²) in [4.78, 5) is 0.416. The van der Waals surface area contributed by atoms with Crippen LogP contribution < -0.4 is 5.73 Å². The van der Waals surface area contributed by atoms with E-state index in [0.29, 0.717) is 13.0 Å². The molecule has 0 aliphatic carbocycles. The van der Waals surface area contributed by atoms with Gasteiger partial charge in [0.2, 0.25) is 10.0 Å². The van der Waals surface area contributed by atoms with Gasteiger partial charge in [0.05, 0.1) is 16.4 Å². The lowest BCUT2D eigenvalue weighted by Crippen LogP contribution is -2.38. The number of rotatable bonds is 6. The van der Waals surface area contributed by atoms with E-state index in [1.807, 2.05) is 6.92 Å². The van der Waals surface area contributed by atoms with Gasteiger partial charge in [-0.3, -0.25) is 0 Å². The van der Waals surface area contributed by atoms with E-state index in [1.165, 1.54) is 4.31 Å². The van der Waals surface area contributed by atoms with Crippen molar-refractivity contribution in [2.24, 2.45) is 5.73 Å². The molecule has 0 aliphatic heterocycles. The molecule has 0 spiro atoms. The van der Waals surface area contributed by atoms with E-state index in [9.17, 15) is 8.42 Å². The van der Waals surface area contributed by atoms with Crippen molar-refractivity contribution in [2.45, 2.75) is 18.2 Å². The molecule has 0 amide bonds. The molecule has 1 rings (SSSR count). The van der Waals surface area contributed by atoms with Gasteiger partial charge < -0.3 is 5.73 Å². The van der Waals surface area contributed by atoms with Crippen LogP contribution in [0.2, 0.25) is 0 Å². The number of hydrogen-bond donors (Lipinski definition) is 1. The van der Waals surface area contributed by atoms with Crippen LogP contribution in [0.25, 0.3) is 0 Å². The van der Waals surface area contributed by atoms with E-state index < -0.39 is 10.0 Å². The van der Waals surface area contributed by atoms with Gasteiger partial charge in [0.1, 0.15) is 0 Å². The van der Waals surface area contributed by atoms with Gasteiger partial charge >= 0.3 is 0 Å². The fourth-order valence-electron chi connectivity index (χ4n) is 1.46. The molecule has 0 atom stereocenters. The predicted octanol–water partition coefficient (Wildman–Crippen LogP) is 2.14. The zero-order valence-electron chi connectivity index (χ0n) is 9.97. The SMILES string of the molecule is CCCN(CC(N)=S)S(=O)(=O)c1ccc(Br)cc1. The molecule has 1 aromatic carbocycles. The van der Waals surface area contributed by atoms with Crippen molar-refractivity contribution in [2.75, 3.05) is 13.1 Å². The molecular formula is C11H15BrN2O2S2. The van der Waals surface area contributed by atoms with Crippen molar-refractivity contribution in [1.29, 1.82) is 0 Å². The zero-order valence-corrected chi connectivity index (χ0v) is 13.2. The number of halogens is 1. The van der Waals surface area contributed by atoms with Crippen molar-refractivity contribution >= 4 is 43.2 Å². The fraction of sp³-hybridized carbons (Fsp3) is 0.364. The van der Waals surface area contributed by atoms with Crippen LogP contribution in [0.3, 0.4) is 0 Å². The van der Waals surface area contributed by atoms with E-state index in [1.54, 1.807) is 24.3 Å². The maximum absolute atomic E-state index is 12.4. The van der Waals surface area contributed by atoms with Crippen molar-refractivity contribution in [3.8, 4) is 0 Å². The highest BCUT2D eigenvalue weighted by Gasteiger charge is 2.23. The number of sulfonamides is 1. The summed E-state index contributed by atoms with van der Waals surface area (Å²) in [6.07, 6.45) is 0.707. The van der Waals surface area contributed by atoms with Crippen LogP contribution >= 0.6 is 28.1 Å². The fourth-order valence-corrected chi connectivity index (χ4v) is 3.48. The molecule has 0 fully saturated rings. The summed E-state index contributed by atoms with van der Waals surface area (Å²) < 4.78 is 26.9. The third-order valence-electron chi connectivity index (χ3n) is 2.26. The Morgan fingerprint density at radius 3 is 2.39 bits per heavy atom. The highest BCUT2D eigenvalue weighted by atomic mass is 79.9. The molecule has 100 valence electrons. The molecule has 2 N–H and O–H groups in total. The molecule has 0 heterocycles. The molecule has 0 unspecified atom stereocenters. The van der Waals surface area contributed by atoms with Crippen LogP contribution in [0.15, 0.2) is 33.6 Å². The van der Waals surface area contributed by atoms with Crippen LogP contribution in [0.1, 0.15) is 13.3 Å². The highest BCUT2D eigenvalue weighted by Crippen LogP contribution is 2.18. The Kier molecular flexibility index (Phi) is 5.71. The Hall–Kier alpha value is -0.500. The Bertz CT molecular complexity index is 514. The number of hydrogen-bond acceptors (Lipinski definition) is 3. The smallest absolute Gasteiger partial charge is 0.243 e. The minimum absolute atomic E-state index is 0.0710. The minimum Gasteiger partial charge on any atom is -0.392 e. The molecule has 1 aromatic rings. The van der Waals surface area contributed by atoms with Crippen LogP contribution in [0.5, 0.6) is 0 Å². The predicted molar refractivity (Wildman–Crippen MR) is 80.0 cm³/mol. The third kappa shape index (κ3) is 4.01. The Labute approximate surface area is 121 Å².